The molecule has 1 aromatic carbocycles. The summed E-state index contributed by atoms with van der Waals surface area (Å²) in [5.41, 5.74) is 8.68. The Kier molecular flexibility index (Phi) is 2.74. The van der Waals surface area contributed by atoms with Crippen LogP contribution in [0.15, 0.2) is 18.2 Å². The molecule has 0 saturated carbocycles. The summed E-state index contributed by atoms with van der Waals surface area (Å²) in [7, 11) is 0. The third-order valence-corrected chi connectivity index (χ3v) is 2.33. The van der Waals surface area contributed by atoms with E-state index in [2.05, 4.69) is 6.07 Å². The van der Waals surface area contributed by atoms with Crippen LogP contribution < -0.4 is 5.73 Å². The lowest BCUT2D eigenvalue weighted by Crippen LogP contribution is -2.37. The van der Waals surface area contributed by atoms with Crippen molar-refractivity contribution in [1.82, 2.24) is 0 Å². The van der Waals surface area contributed by atoms with Crippen LogP contribution in [0.2, 0.25) is 0 Å². The number of rotatable bonds is 2. The average Bonchev–Trinajstić information content (AvgIpc) is 2.03. The summed E-state index contributed by atoms with van der Waals surface area (Å²) < 4.78 is 0. The van der Waals surface area contributed by atoms with Crippen LogP contribution >= 0.6 is 0 Å². The van der Waals surface area contributed by atoms with E-state index >= 15 is 0 Å². The van der Waals surface area contributed by atoms with Gasteiger partial charge in [-0.15, -0.1) is 0 Å². The molecule has 0 bridgehead atoms. The first-order chi connectivity index (χ1) is 5.97. The number of benzene rings is 1. The number of aryl methyl sites for hydroxylation is 2. The fraction of sp³-hybridized carbons (Fsp3) is 0.455. The van der Waals surface area contributed by atoms with Gasteiger partial charge in [0.25, 0.3) is 0 Å². The van der Waals surface area contributed by atoms with Crippen LogP contribution in [0.4, 0.5) is 0 Å². The second-order valence-electron chi connectivity index (χ2n) is 3.89. The van der Waals surface area contributed by atoms with E-state index in [9.17, 15) is 0 Å². The van der Waals surface area contributed by atoms with Crippen LogP contribution in [0.1, 0.15) is 23.6 Å². The Morgan fingerprint density at radius 2 is 2.00 bits per heavy atom. The van der Waals surface area contributed by atoms with Gasteiger partial charge >= 0.3 is 0 Å². The van der Waals surface area contributed by atoms with Gasteiger partial charge in [0.1, 0.15) is 0 Å². The molecule has 0 amide bonds. The maximum Gasteiger partial charge on any atom is 0.0650 e. The molecule has 1 rings (SSSR count). The van der Waals surface area contributed by atoms with E-state index in [4.69, 9.17) is 10.8 Å². The average molecular weight is 179 g/mol. The van der Waals surface area contributed by atoms with Crippen molar-refractivity contribution in [3.8, 4) is 0 Å². The van der Waals surface area contributed by atoms with Crippen molar-refractivity contribution in [2.75, 3.05) is 6.61 Å². The number of nitrogens with two attached hydrogens (primary N) is 1. The molecule has 0 saturated heterocycles. The fourth-order valence-corrected chi connectivity index (χ4v) is 1.54. The van der Waals surface area contributed by atoms with E-state index in [0.29, 0.717) is 0 Å². The first-order valence-corrected chi connectivity index (χ1v) is 4.45. The van der Waals surface area contributed by atoms with E-state index in [1.54, 1.807) is 0 Å². The molecule has 0 heterocycles. The molecule has 0 unspecified atom stereocenters. The highest BCUT2D eigenvalue weighted by Crippen LogP contribution is 2.21. The normalized spacial score (nSPS) is 15.5. The van der Waals surface area contributed by atoms with Crippen LogP contribution in [-0.4, -0.2) is 11.7 Å². The quantitative estimate of drug-likeness (QED) is 0.722. The Bertz CT molecular complexity index is 305. The lowest BCUT2D eigenvalue weighted by molar-refractivity contribution is 0.209. The minimum Gasteiger partial charge on any atom is -0.394 e. The second kappa shape index (κ2) is 3.48. The number of hydrogen-bond donors (Lipinski definition) is 2. The summed E-state index contributed by atoms with van der Waals surface area (Å²) in [6, 6.07) is 6.08. The van der Waals surface area contributed by atoms with Crippen LogP contribution in [0.25, 0.3) is 0 Å². The molecule has 3 N–H and O–H groups in total. The number of aliphatic hydroxyl groups is 1. The van der Waals surface area contributed by atoms with Crippen LogP contribution in [-0.2, 0) is 5.54 Å². The summed E-state index contributed by atoms with van der Waals surface area (Å²) in [6.07, 6.45) is 0. The molecule has 0 spiro atoms. The predicted octanol–water partition coefficient (Wildman–Crippen LogP) is 1.47. The van der Waals surface area contributed by atoms with Gasteiger partial charge in [-0.05, 0) is 31.9 Å². The Hall–Kier alpha value is -0.860. The summed E-state index contributed by atoms with van der Waals surface area (Å²) in [5, 5.41) is 9.12. The molecule has 72 valence electrons. The van der Waals surface area contributed by atoms with Gasteiger partial charge < -0.3 is 10.8 Å². The van der Waals surface area contributed by atoms with Crippen molar-refractivity contribution >= 4 is 0 Å². The maximum atomic E-state index is 9.12. The van der Waals surface area contributed by atoms with E-state index in [1.807, 2.05) is 32.9 Å². The number of aliphatic hydroxyl groups excluding tert-OH is 1. The van der Waals surface area contributed by atoms with E-state index in [0.717, 1.165) is 11.1 Å². The highest BCUT2D eigenvalue weighted by Gasteiger charge is 2.21. The Labute approximate surface area is 79.4 Å². The molecule has 0 aliphatic carbocycles. The first kappa shape index (κ1) is 10.2. The molecule has 0 radical (unpaired) electrons. The largest absolute Gasteiger partial charge is 0.394 e. The van der Waals surface area contributed by atoms with Gasteiger partial charge in [0.05, 0.1) is 12.1 Å². The molecule has 2 nitrogen and oxygen atoms in total. The first-order valence-electron chi connectivity index (χ1n) is 4.45. The molecule has 0 aromatic heterocycles. The summed E-state index contributed by atoms with van der Waals surface area (Å²) >= 11 is 0. The molecule has 2 heteroatoms. The second-order valence-corrected chi connectivity index (χ2v) is 3.89. The van der Waals surface area contributed by atoms with Gasteiger partial charge in [-0.25, -0.2) is 0 Å². The summed E-state index contributed by atoms with van der Waals surface area (Å²) in [6.45, 7) is 5.87. The van der Waals surface area contributed by atoms with Crippen molar-refractivity contribution in [3.63, 3.8) is 0 Å². The zero-order chi connectivity index (χ0) is 10.1. The standard InChI is InChI=1S/C11H17NO/c1-8-4-5-10(9(2)6-8)11(3,12)7-13/h4-6,13H,7,12H2,1-3H3/t11-/m1/s1. The van der Waals surface area contributed by atoms with Gasteiger partial charge in [0.2, 0.25) is 0 Å². The topological polar surface area (TPSA) is 46.2 Å². The maximum absolute atomic E-state index is 9.12. The van der Waals surface area contributed by atoms with Crippen molar-refractivity contribution in [2.45, 2.75) is 26.3 Å². The predicted molar refractivity (Wildman–Crippen MR) is 54.5 cm³/mol. The van der Waals surface area contributed by atoms with Gasteiger partial charge in [0.15, 0.2) is 0 Å². The summed E-state index contributed by atoms with van der Waals surface area (Å²) in [5.74, 6) is 0. The molecule has 1 atom stereocenters. The van der Waals surface area contributed by atoms with Crippen molar-refractivity contribution in [2.24, 2.45) is 5.73 Å². The van der Waals surface area contributed by atoms with Gasteiger partial charge in [-0.3, -0.25) is 0 Å². The monoisotopic (exact) mass is 179 g/mol. The molecule has 1 aromatic rings. The summed E-state index contributed by atoms with van der Waals surface area (Å²) in [4.78, 5) is 0. The van der Waals surface area contributed by atoms with E-state index < -0.39 is 5.54 Å². The van der Waals surface area contributed by atoms with E-state index in [-0.39, 0.29) is 6.61 Å². The van der Waals surface area contributed by atoms with Crippen LogP contribution in [0.5, 0.6) is 0 Å². The van der Waals surface area contributed by atoms with Crippen LogP contribution in [0.3, 0.4) is 0 Å². The Balaban J connectivity index is 3.16. The number of hydrogen-bond acceptors (Lipinski definition) is 2. The third-order valence-electron chi connectivity index (χ3n) is 2.33. The molecular weight excluding hydrogens is 162 g/mol. The zero-order valence-electron chi connectivity index (χ0n) is 8.46. The SMILES string of the molecule is Cc1ccc([C@](C)(N)CO)c(C)c1. The smallest absolute Gasteiger partial charge is 0.0650 e. The fourth-order valence-electron chi connectivity index (χ4n) is 1.54. The Morgan fingerprint density at radius 3 is 2.46 bits per heavy atom. The van der Waals surface area contributed by atoms with Gasteiger partial charge in [-0.1, -0.05) is 23.8 Å². The zero-order valence-corrected chi connectivity index (χ0v) is 8.46. The van der Waals surface area contributed by atoms with E-state index in [1.165, 1.54) is 5.56 Å². The highest BCUT2D eigenvalue weighted by atomic mass is 16.3. The molecule has 0 aliphatic rings. The third kappa shape index (κ3) is 2.08. The van der Waals surface area contributed by atoms with Crippen LogP contribution in [0, 0.1) is 13.8 Å². The molecule has 0 fully saturated rings. The minimum atomic E-state index is -0.627. The lowest BCUT2D eigenvalue weighted by Gasteiger charge is -2.24. The highest BCUT2D eigenvalue weighted by molar-refractivity contribution is 5.35. The molecule has 13 heavy (non-hydrogen) atoms. The Morgan fingerprint density at radius 1 is 1.38 bits per heavy atom. The van der Waals surface area contributed by atoms with Gasteiger partial charge in [-0.2, -0.15) is 0 Å². The van der Waals surface area contributed by atoms with Gasteiger partial charge in [0, 0.05) is 0 Å². The minimum absolute atomic E-state index is 0.0309. The molecular formula is C11H17NO. The van der Waals surface area contributed by atoms with Crippen molar-refractivity contribution in [3.05, 3.63) is 34.9 Å². The van der Waals surface area contributed by atoms with Crippen molar-refractivity contribution < 1.29 is 5.11 Å². The van der Waals surface area contributed by atoms with Crippen molar-refractivity contribution in [1.29, 1.82) is 0 Å². The molecule has 0 aliphatic heterocycles. The lowest BCUT2D eigenvalue weighted by atomic mass is 9.89.